The van der Waals surface area contributed by atoms with Crippen molar-refractivity contribution in [1.29, 1.82) is 0 Å². The van der Waals surface area contributed by atoms with Gasteiger partial charge in [0.1, 0.15) is 66.5 Å². The number of nitrogens with one attached hydrogen (secondary N) is 14. The molecule has 5 aromatic carbocycles. The van der Waals surface area contributed by atoms with Gasteiger partial charge in [-0.1, -0.05) is 124 Å². The van der Waals surface area contributed by atoms with Gasteiger partial charge in [0, 0.05) is 80.4 Å². The molecule has 8 rings (SSSR count). The van der Waals surface area contributed by atoms with Crippen LogP contribution in [0.4, 0.5) is 16.2 Å². The Hall–Kier alpha value is -12.3. The van der Waals surface area contributed by atoms with Crippen molar-refractivity contribution in [2.45, 2.75) is 191 Å². The summed E-state index contributed by atoms with van der Waals surface area (Å²) in [5.74, 6) is -11.2. The maximum atomic E-state index is 15.6. The first-order chi connectivity index (χ1) is 57.5. The van der Waals surface area contributed by atoms with Gasteiger partial charge in [0.15, 0.2) is 6.54 Å². The van der Waals surface area contributed by atoms with Crippen LogP contribution in [0.15, 0.2) is 140 Å². The van der Waals surface area contributed by atoms with E-state index in [0.29, 0.717) is 68.8 Å². The molecular weight excluding hydrogens is 1580 g/mol. The number of aromatic nitrogens is 1. The fraction of sp³-hybridized carbons (Fsp3) is 0.442. The number of urea groups is 1. The number of aliphatic hydroxyl groups excluding tert-OH is 1. The third-order valence-electron chi connectivity index (χ3n) is 20.1. The van der Waals surface area contributed by atoms with Gasteiger partial charge in [-0.15, -0.1) is 0 Å². The van der Waals surface area contributed by atoms with E-state index in [9.17, 15) is 48.3 Å². The number of hydrogen-bond donors (Lipinski definition) is 16. The van der Waals surface area contributed by atoms with Gasteiger partial charge in [0.05, 0.1) is 34.2 Å². The topological polar surface area (TPSA) is 487 Å². The predicted octanol–water partition coefficient (Wildman–Crippen LogP) is 1.67. The maximum absolute atomic E-state index is 15.6. The van der Waals surface area contributed by atoms with E-state index in [0.717, 1.165) is 10.8 Å². The quantitative estimate of drug-likeness (QED) is 0.0191. The van der Waals surface area contributed by atoms with Gasteiger partial charge >= 0.3 is 6.03 Å². The van der Waals surface area contributed by atoms with Gasteiger partial charge in [0.2, 0.25) is 76.8 Å². The minimum atomic E-state index is -1.92. The molecule has 35 heteroatoms. The number of unbranched alkanes of at least 4 members (excludes halogenated alkanes) is 1. The molecule has 0 aliphatic carbocycles. The molecular formula is C86H112ClN18O16+. The SMILES string of the molecule is CC(=O)N[C@H](Cc1ccc2ccccc2c1)C(=O)N[C@H](Cc1ccc(Cl)cc1)C(=O)N[C@H](Cc1cccnc1)C(=O)N[C@@H](CO)C(=O)N[C@@H](Cc1ccc(NC(=O)C2CC(=O)NC(=O)N2)cc1)C(=O)N[C@H](Cc1ccc(NC(=O)C[N+](C)(C)C)cc1)C(=O)N[C@@H](CC(C)C)C(=O)N[C@@H](CCCCNC(C)C)C(=O)N1CCC[C@H]1C(=O)N[C@H](C)C(N)=O. The number of likely N-dealkylation sites (N-methyl/N-ethyl adjacent to an activating group) is 1. The number of aliphatic hydroxyl groups is 1. The van der Waals surface area contributed by atoms with Crippen LogP contribution in [0, 0.1) is 5.92 Å². The summed E-state index contributed by atoms with van der Waals surface area (Å²) in [5, 5.41) is 51.1. The lowest BCUT2D eigenvalue weighted by Crippen LogP contribution is -2.62. The van der Waals surface area contributed by atoms with E-state index in [2.05, 4.69) is 79.4 Å². The van der Waals surface area contributed by atoms with Crippen molar-refractivity contribution in [2.24, 2.45) is 11.7 Å². The molecule has 0 saturated carbocycles. The molecule has 648 valence electrons. The summed E-state index contributed by atoms with van der Waals surface area (Å²) in [6.07, 6.45) is 3.12. The number of likely N-dealkylation sites (tertiary alicyclic amines) is 1. The van der Waals surface area contributed by atoms with Crippen LogP contribution < -0.4 is 80.2 Å². The summed E-state index contributed by atoms with van der Waals surface area (Å²) >= 11 is 6.28. The highest BCUT2D eigenvalue weighted by Gasteiger charge is 2.41. The molecule has 16 amide bonds. The highest BCUT2D eigenvalue weighted by molar-refractivity contribution is 6.30. The van der Waals surface area contributed by atoms with E-state index in [1.807, 2.05) is 77.5 Å². The van der Waals surface area contributed by atoms with E-state index in [1.54, 1.807) is 74.5 Å². The lowest BCUT2D eigenvalue weighted by molar-refractivity contribution is -0.861. The molecule has 11 atom stereocenters. The van der Waals surface area contributed by atoms with Gasteiger partial charge < -0.3 is 89.3 Å². The highest BCUT2D eigenvalue weighted by atomic mass is 35.5. The van der Waals surface area contributed by atoms with Crippen LogP contribution in [-0.2, 0) is 99.2 Å². The Morgan fingerprint density at radius 2 is 1.04 bits per heavy atom. The van der Waals surface area contributed by atoms with Crippen molar-refractivity contribution in [3.05, 3.63) is 173 Å². The molecule has 0 radical (unpaired) electrons. The van der Waals surface area contributed by atoms with Crippen LogP contribution in [0.1, 0.15) is 114 Å². The molecule has 0 bridgehead atoms. The fourth-order valence-corrected chi connectivity index (χ4v) is 14.0. The normalized spacial score (nSPS) is 16.2. The Bertz CT molecular complexity index is 4650. The van der Waals surface area contributed by atoms with Crippen LogP contribution in [-0.4, -0.2) is 228 Å². The number of anilines is 2. The molecule has 17 N–H and O–H groups in total. The molecule has 2 aliphatic rings. The van der Waals surface area contributed by atoms with Gasteiger partial charge in [-0.2, -0.15) is 0 Å². The summed E-state index contributed by atoms with van der Waals surface area (Å²) in [4.78, 5) is 215. The number of primary amides is 1. The average Bonchev–Trinajstić information content (AvgIpc) is 1.75. The summed E-state index contributed by atoms with van der Waals surface area (Å²) in [6, 6.07) is 18.7. The lowest BCUT2D eigenvalue weighted by atomic mass is 9.99. The van der Waals surface area contributed by atoms with E-state index in [-0.39, 0.29) is 88.0 Å². The zero-order valence-corrected chi connectivity index (χ0v) is 70.2. The Balaban J connectivity index is 1.11. The zero-order valence-electron chi connectivity index (χ0n) is 69.5. The summed E-state index contributed by atoms with van der Waals surface area (Å²) < 4.78 is 0.314. The van der Waals surface area contributed by atoms with E-state index < -0.39 is 162 Å². The fourth-order valence-electron chi connectivity index (χ4n) is 13.9. The zero-order chi connectivity index (χ0) is 88.2. The van der Waals surface area contributed by atoms with E-state index >= 15 is 28.8 Å². The van der Waals surface area contributed by atoms with Crippen LogP contribution in [0.25, 0.3) is 10.8 Å². The number of carbonyl (C=O) groups is 15. The number of nitrogens with zero attached hydrogens (tertiary/aromatic N) is 3. The van der Waals surface area contributed by atoms with Gasteiger partial charge in [-0.05, 0) is 139 Å². The molecule has 0 spiro atoms. The minimum Gasteiger partial charge on any atom is -0.394 e. The third-order valence-corrected chi connectivity index (χ3v) is 20.3. The number of imide groups is 1. The Kier molecular flexibility index (Phi) is 35.2. The Morgan fingerprint density at radius 1 is 0.554 bits per heavy atom. The molecule has 121 heavy (non-hydrogen) atoms. The number of rotatable bonds is 43. The summed E-state index contributed by atoms with van der Waals surface area (Å²) in [7, 11) is 5.53. The number of quaternary nitrogens is 1. The first-order valence-corrected chi connectivity index (χ1v) is 40.8. The van der Waals surface area contributed by atoms with Gasteiger partial charge in [-0.3, -0.25) is 77.4 Å². The molecule has 3 heterocycles. The third kappa shape index (κ3) is 30.5. The van der Waals surface area contributed by atoms with E-state index in [1.165, 1.54) is 55.4 Å². The second-order valence-corrected chi connectivity index (χ2v) is 32.7. The van der Waals surface area contributed by atoms with E-state index in [4.69, 9.17) is 17.3 Å². The molecule has 1 aromatic heterocycles. The van der Waals surface area contributed by atoms with Crippen LogP contribution in [0.5, 0.6) is 0 Å². The molecule has 6 aromatic rings. The second-order valence-electron chi connectivity index (χ2n) is 32.3. The van der Waals surface area contributed by atoms with Crippen molar-refractivity contribution >= 4 is 122 Å². The highest BCUT2D eigenvalue weighted by Crippen LogP contribution is 2.24. The Labute approximate surface area is 707 Å². The second kappa shape index (κ2) is 45.2. The first kappa shape index (κ1) is 94.2. The Morgan fingerprint density at radius 3 is 1.55 bits per heavy atom. The van der Waals surface area contributed by atoms with Crippen molar-refractivity contribution in [2.75, 3.05) is 58.0 Å². The predicted molar refractivity (Wildman–Crippen MR) is 452 cm³/mol. The molecule has 1 unspecified atom stereocenters. The lowest BCUT2D eigenvalue weighted by Gasteiger charge is -2.31. The standard InChI is InChI=1S/C86H111ClN18O16/c1-49(2)38-64(77(112)95-63(19-12-13-36-90-50(3)4)85(120)104-37-15-20-72(104)84(119)91-51(5)75(88)110)96-79(114)67(41-54-24-31-61(32-25-54)93-74(109)47-105(7,8)9)98-81(116)68(42-55-26-33-62(34-27-55)94-76(111)70-45-73(108)103-86(121)102-70)100-83(118)71(48-106)101-82(117)69(44-57-16-14-35-89-46-57)99-80(115)66(40-53-22-29-60(87)30-23-53)97-78(113)65(92-52(6)107)43-56-21-28-58-17-10-11-18-59(58)39-56/h10-11,14,16-18,21-35,39,46,49-51,63-72,90,106H,12-13,15,19-20,36-38,40-45,47-48H2,1-9H3,(H14-,88,91,92,93,94,95,96,97,98,99,100,101,102,103,107,108,109,110,111,112,113,114,115,116,117,118,119,121)/p+1/t51-,63+,64+,65-,66-,67-,68+,69-,70?,71+,72+/m1/s1. The molecule has 2 aliphatic heterocycles. The van der Waals surface area contributed by atoms with Crippen molar-refractivity contribution in [1.82, 2.24) is 73.7 Å². The van der Waals surface area contributed by atoms with Crippen LogP contribution in [0.3, 0.4) is 0 Å². The number of nitrogens with two attached hydrogens (primary N) is 1. The number of halogens is 1. The summed E-state index contributed by atoms with van der Waals surface area (Å²) in [5.41, 5.74) is 8.36. The number of carbonyl (C=O) groups excluding carboxylic acids is 15. The number of benzene rings is 5. The number of hydrogen-bond acceptors (Lipinski definition) is 18. The number of pyridine rings is 1. The van der Waals surface area contributed by atoms with Gasteiger partial charge in [0.25, 0.3) is 5.91 Å². The number of amides is 16. The smallest absolute Gasteiger partial charge is 0.322 e. The monoisotopic (exact) mass is 1690 g/mol. The molecule has 34 nitrogen and oxygen atoms in total. The first-order valence-electron chi connectivity index (χ1n) is 40.4. The van der Waals surface area contributed by atoms with Crippen molar-refractivity contribution in [3.8, 4) is 0 Å². The molecule has 2 fully saturated rings. The van der Waals surface area contributed by atoms with Crippen molar-refractivity contribution < 1.29 is 81.5 Å². The van der Waals surface area contributed by atoms with Crippen LogP contribution in [0.2, 0.25) is 5.02 Å². The van der Waals surface area contributed by atoms with Crippen LogP contribution >= 0.6 is 11.6 Å². The maximum Gasteiger partial charge on any atom is 0.322 e. The molecule has 2 saturated heterocycles. The minimum absolute atomic E-state index is 0.00604. The average molecular weight is 1690 g/mol. The van der Waals surface area contributed by atoms with Gasteiger partial charge in [-0.25, -0.2) is 4.79 Å². The number of fused-ring (bicyclic) bond motifs is 1. The van der Waals surface area contributed by atoms with Crippen molar-refractivity contribution in [3.63, 3.8) is 0 Å². The summed E-state index contributed by atoms with van der Waals surface area (Å²) in [6.45, 7) is 9.92. The largest absolute Gasteiger partial charge is 0.394 e.